The molecule has 0 saturated carbocycles. The van der Waals surface area contributed by atoms with Crippen LogP contribution in [0, 0.1) is 19.7 Å². The molecule has 0 aliphatic heterocycles. The molecule has 154 valence electrons. The van der Waals surface area contributed by atoms with Gasteiger partial charge < -0.3 is 14.2 Å². The van der Waals surface area contributed by atoms with Crippen LogP contribution in [0.3, 0.4) is 0 Å². The zero-order valence-electron chi connectivity index (χ0n) is 17.8. The largest absolute Gasteiger partial charge is 0.497 e. The predicted molar refractivity (Wildman–Crippen MR) is 120 cm³/mol. The van der Waals surface area contributed by atoms with E-state index in [-0.39, 0.29) is 5.82 Å². The van der Waals surface area contributed by atoms with Gasteiger partial charge in [-0.25, -0.2) is 9.37 Å². The van der Waals surface area contributed by atoms with E-state index >= 15 is 0 Å². The van der Waals surface area contributed by atoms with Gasteiger partial charge in [0.2, 0.25) is 0 Å². The number of pyridine rings is 1. The van der Waals surface area contributed by atoms with Gasteiger partial charge in [0.15, 0.2) is 5.82 Å². The molecular formula is C25H26FN3O. The van der Waals surface area contributed by atoms with Crippen LogP contribution < -0.4 is 9.64 Å². The molecule has 0 saturated heterocycles. The Morgan fingerprint density at radius 3 is 2.53 bits per heavy atom. The van der Waals surface area contributed by atoms with Gasteiger partial charge in [-0.2, -0.15) is 0 Å². The smallest absolute Gasteiger partial charge is 0.153 e. The average molecular weight is 404 g/mol. The van der Waals surface area contributed by atoms with Crippen LogP contribution in [0.15, 0.2) is 60.8 Å². The summed E-state index contributed by atoms with van der Waals surface area (Å²) < 4.78 is 21.0. The lowest BCUT2D eigenvalue weighted by Gasteiger charge is -2.21. The summed E-state index contributed by atoms with van der Waals surface area (Å²) >= 11 is 0. The summed E-state index contributed by atoms with van der Waals surface area (Å²) in [5, 5.41) is 1.20. The summed E-state index contributed by atoms with van der Waals surface area (Å²) in [6, 6.07) is 16.9. The Bertz CT molecular complexity index is 1180. The molecule has 2 heterocycles. The molecule has 0 unspecified atom stereocenters. The molecule has 5 heteroatoms. The fraction of sp³-hybridized carbons (Fsp3) is 0.240. The maximum absolute atomic E-state index is 13.3. The number of fused-ring (bicyclic) bond motifs is 1. The van der Waals surface area contributed by atoms with Crippen LogP contribution >= 0.6 is 0 Å². The van der Waals surface area contributed by atoms with Gasteiger partial charge in [-0.05, 0) is 60.9 Å². The first-order chi connectivity index (χ1) is 14.5. The van der Waals surface area contributed by atoms with Crippen LogP contribution in [-0.2, 0) is 13.1 Å². The summed E-state index contributed by atoms with van der Waals surface area (Å²) in [5.41, 5.74) is 5.80. The van der Waals surface area contributed by atoms with E-state index in [2.05, 4.69) is 41.5 Å². The summed E-state index contributed by atoms with van der Waals surface area (Å²) in [5.74, 6) is 1.54. The van der Waals surface area contributed by atoms with Crippen molar-refractivity contribution in [3.63, 3.8) is 0 Å². The van der Waals surface area contributed by atoms with Crippen LogP contribution in [0.2, 0.25) is 0 Å². The molecule has 0 radical (unpaired) electrons. The van der Waals surface area contributed by atoms with E-state index in [4.69, 9.17) is 9.72 Å². The van der Waals surface area contributed by atoms with Crippen LogP contribution in [0.4, 0.5) is 10.2 Å². The van der Waals surface area contributed by atoms with Crippen molar-refractivity contribution in [1.29, 1.82) is 0 Å². The standard InChI is InChI=1S/C25H26FN3O/c1-17-18(2)29(16-20-6-5-7-22(14-20)30-4)24-23(17)12-13-27-25(24)28(3)15-19-8-10-21(26)11-9-19/h5-14H,15-16H2,1-4H3. The second kappa shape index (κ2) is 8.19. The summed E-state index contributed by atoms with van der Waals surface area (Å²) in [7, 11) is 3.71. The van der Waals surface area contributed by atoms with Crippen LogP contribution in [0.1, 0.15) is 22.4 Å². The maximum Gasteiger partial charge on any atom is 0.153 e. The first-order valence-electron chi connectivity index (χ1n) is 10.0. The van der Waals surface area contributed by atoms with Gasteiger partial charge in [0.1, 0.15) is 11.6 Å². The molecule has 0 aliphatic rings. The zero-order chi connectivity index (χ0) is 21.3. The number of ether oxygens (including phenoxy) is 1. The molecule has 0 aliphatic carbocycles. The summed E-state index contributed by atoms with van der Waals surface area (Å²) in [6.45, 7) is 5.69. The Kier molecular flexibility index (Phi) is 5.44. The third-order valence-corrected chi connectivity index (χ3v) is 5.70. The molecule has 0 spiro atoms. The molecule has 0 bridgehead atoms. The van der Waals surface area contributed by atoms with E-state index in [1.54, 1.807) is 7.11 Å². The number of halogens is 1. The molecule has 0 atom stereocenters. The lowest BCUT2D eigenvalue weighted by molar-refractivity contribution is 0.414. The van der Waals surface area contributed by atoms with Crippen molar-refractivity contribution in [3.8, 4) is 5.75 Å². The topological polar surface area (TPSA) is 30.3 Å². The summed E-state index contributed by atoms with van der Waals surface area (Å²) in [4.78, 5) is 6.84. The minimum atomic E-state index is -0.222. The van der Waals surface area contributed by atoms with E-state index in [9.17, 15) is 4.39 Å². The number of benzene rings is 2. The molecule has 0 amide bonds. The Hall–Kier alpha value is -3.34. The van der Waals surface area contributed by atoms with Gasteiger partial charge in [-0.15, -0.1) is 0 Å². The molecule has 4 aromatic rings. The molecule has 0 N–H and O–H groups in total. The third-order valence-electron chi connectivity index (χ3n) is 5.70. The molecule has 2 aromatic carbocycles. The van der Waals surface area contributed by atoms with E-state index in [1.165, 1.54) is 34.3 Å². The molecule has 2 aromatic heterocycles. The number of aryl methyl sites for hydroxylation is 1. The van der Waals surface area contributed by atoms with Crippen molar-refractivity contribution in [2.75, 3.05) is 19.1 Å². The number of nitrogens with zero attached hydrogens (tertiary/aromatic N) is 3. The van der Waals surface area contributed by atoms with Gasteiger partial charge in [0.05, 0.1) is 12.6 Å². The minimum Gasteiger partial charge on any atom is -0.497 e. The van der Waals surface area contributed by atoms with E-state index in [0.717, 1.165) is 29.2 Å². The fourth-order valence-corrected chi connectivity index (χ4v) is 3.95. The monoisotopic (exact) mass is 403 g/mol. The molecule has 4 rings (SSSR count). The number of hydrogen-bond acceptors (Lipinski definition) is 3. The van der Waals surface area contributed by atoms with Crippen LogP contribution in [-0.4, -0.2) is 23.7 Å². The number of methoxy groups -OCH3 is 1. The second-order valence-electron chi connectivity index (χ2n) is 7.66. The van der Waals surface area contributed by atoms with Gasteiger partial charge in [-0.1, -0.05) is 24.3 Å². The lowest BCUT2D eigenvalue weighted by atomic mass is 10.2. The van der Waals surface area contributed by atoms with Gasteiger partial charge >= 0.3 is 0 Å². The Labute approximate surface area is 176 Å². The molecule has 30 heavy (non-hydrogen) atoms. The van der Waals surface area contributed by atoms with Crippen molar-refractivity contribution in [3.05, 3.63) is 89.0 Å². The van der Waals surface area contributed by atoms with E-state index < -0.39 is 0 Å². The normalized spacial score (nSPS) is 11.1. The molecule has 0 fully saturated rings. The van der Waals surface area contributed by atoms with E-state index in [0.29, 0.717) is 6.54 Å². The van der Waals surface area contributed by atoms with Crippen LogP contribution in [0.25, 0.3) is 10.9 Å². The number of rotatable bonds is 6. The Morgan fingerprint density at radius 1 is 1.03 bits per heavy atom. The highest BCUT2D eigenvalue weighted by molar-refractivity contribution is 5.93. The fourth-order valence-electron chi connectivity index (χ4n) is 3.95. The lowest BCUT2D eigenvalue weighted by Crippen LogP contribution is -2.19. The highest BCUT2D eigenvalue weighted by Crippen LogP contribution is 2.32. The van der Waals surface area contributed by atoms with Crippen molar-refractivity contribution in [2.24, 2.45) is 0 Å². The van der Waals surface area contributed by atoms with E-state index in [1.807, 2.05) is 37.5 Å². The maximum atomic E-state index is 13.3. The Balaban J connectivity index is 1.77. The first kappa shape index (κ1) is 20.0. The van der Waals surface area contributed by atoms with Gasteiger partial charge in [0, 0.05) is 37.4 Å². The number of anilines is 1. The van der Waals surface area contributed by atoms with Crippen molar-refractivity contribution < 1.29 is 9.13 Å². The van der Waals surface area contributed by atoms with Gasteiger partial charge in [-0.3, -0.25) is 0 Å². The third kappa shape index (κ3) is 3.75. The van der Waals surface area contributed by atoms with Gasteiger partial charge in [0.25, 0.3) is 0 Å². The van der Waals surface area contributed by atoms with Crippen LogP contribution in [0.5, 0.6) is 5.75 Å². The minimum absolute atomic E-state index is 0.222. The van der Waals surface area contributed by atoms with Crippen molar-refractivity contribution >= 4 is 16.7 Å². The number of hydrogen-bond donors (Lipinski definition) is 0. The highest BCUT2D eigenvalue weighted by atomic mass is 19.1. The first-order valence-corrected chi connectivity index (χ1v) is 10.0. The van der Waals surface area contributed by atoms with Crippen molar-refractivity contribution in [1.82, 2.24) is 9.55 Å². The summed E-state index contributed by atoms with van der Waals surface area (Å²) in [6.07, 6.45) is 1.86. The molecule has 4 nitrogen and oxygen atoms in total. The number of aromatic nitrogens is 2. The second-order valence-corrected chi connectivity index (χ2v) is 7.66. The predicted octanol–water partition coefficient (Wildman–Crippen LogP) is 5.49. The van der Waals surface area contributed by atoms with Crippen molar-refractivity contribution in [2.45, 2.75) is 26.9 Å². The quantitative estimate of drug-likeness (QED) is 0.427. The highest BCUT2D eigenvalue weighted by Gasteiger charge is 2.18. The average Bonchev–Trinajstić information content (AvgIpc) is 3.00. The Morgan fingerprint density at radius 2 is 1.80 bits per heavy atom. The molecular weight excluding hydrogens is 377 g/mol. The zero-order valence-corrected chi connectivity index (χ0v) is 17.8. The SMILES string of the molecule is COc1cccc(Cn2c(C)c(C)c3ccnc(N(C)Cc4ccc(F)cc4)c32)c1.